The third-order valence-electron chi connectivity index (χ3n) is 7.58. The Labute approximate surface area is 268 Å². The number of anilines is 1. The van der Waals surface area contributed by atoms with Gasteiger partial charge in [-0.3, -0.25) is 13.9 Å². The van der Waals surface area contributed by atoms with Crippen molar-refractivity contribution in [2.45, 2.75) is 50.2 Å². The molecule has 0 spiro atoms. The van der Waals surface area contributed by atoms with E-state index in [0.717, 1.165) is 22.0 Å². The first-order valence-electron chi connectivity index (χ1n) is 14.8. The third kappa shape index (κ3) is 8.69. The molecule has 242 valence electrons. The van der Waals surface area contributed by atoms with E-state index in [1.54, 1.807) is 0 Å². The van der Waals surface area contributed by atoms with Gasteiger partial charge in [-0.15, -0.1) is 0 Å². The number of hydrogen-bond donors (Lipinski definition) is 1. The topological polar surface area (TPSA) is 96.0 Å². The molecule has 0 fully saturated rings. The van der Waals surface area contributed by atoms with E-state index < -0.39 is 46.1 Å². The fourth-order valence-corrected chi connectivity index (χ4v) is 6.21. The fourth-order valence-electron chi connectivity index (χ4n) is 4.79. The second-order valence-electron chi connectivity index (χ2n) is 10.8. The van der Waals surface area contributed by atoms with Gasteiger partial charge in [-0.25, -0.2) is 17.2 Å². The van der Waals surface area contributed by atoms with Crippen LogP contribution in [0.25, 0.3) is 0 Å². The van der Waals surface area contributed by atoms with E-state index in [4.69, 9.17) is 4.74 Å². The van der Waals surface area contributed by atoms with Gasteiger partial charge in [-0.05, 0) is 85.1 Å². The summed E-state index contributed by atoms with van der Waals surface area (Å²) in [6.45, 7) is 2.96. The molecule has 4 rings (SSSR count). The first kappa shape index (κ1) is 34.1. The van der Waals surface area contributed by atoms with Gasteiger partial charge in [0.1, 0.15) is 30.0 Å². The summed E-state index contributed by atoms with van der Waals surface area (Å²) in [5.41, 5.74) is 1.37. The van der Waals surface area contributed by atoms with Crippen molar-refractivity contribution in [2.24, 2.45) is 0 Å². The van der Waals surface area contributed by atoms with Crippen LogP contribution < -0.4 is 14.4 Å². The summed E-state index contributed by atoms with van der Waals surface area (Å²) >= 11 is 0. The summed E-state index contributed by atoms with van der Waals surface area (Å²) < 4.78 is 61.9. The van der Waals surface area contributed by atoms with E-state index in [9.17, 15) is 26.8 Å². The molecule has 0 saturated carbocycles. The van der Waals surface area contributed by atoms with Gasteiger partial charge in [0.2, 0.25) is 11.8 Å². The molecule has 2 amide bonds. The summed E-state index contributed by atoms with van der Waals surface area (Å²) in [4.78, 5) is 29.4. The maximum absolute atomic E-state index is 14.4. The van der Waals surface area contributed by atoms with Crippen molar-refractivity contribution in [2.75, 3.05) is 18.0 Å². The lowest BCUT2D eigenvalue weighted by atomic mass is 10.0. The van der Waals surface area contributed by atoms with Crippen molar-refractivity contribution < 1.29 is 31.5 Å². The largest absolute Gasteiger partial charge is 0.497 e. The molecule has 4 aromatic carbocycles. The van der Waals surface area contributed by atoms with Crippen LogP contribution in [0.5, 0.6) is 5.75 Å². The molecule has 0 unspecified atom stereocenters. The molecule has 0 aliphatic heterocycles. The van der Waals surface area contributed by atoms with Crippen LogP contribution in [0, 0.1) is 11.6 Å². The van der Waals surface area contributed by atoms with Crippen LogP contribution in [0.15, 0.2) is 108 Å². The minimum Gasteiger partial charge on any atom is -0.497 e. The van der Waals surface area contributed by atoms with Gasteiger partial charge in [0.25, 0.3) is 10.0 Å². The van der Waals surface area contributed by atoms with Crippen LogP contribution >= 0.6 is 0 Å². The van der Waals surface area contributed by atoms with E-state index in [2.05, 4.69) is 5.32 Å². The van der Waals surface area contributed by atoms with E-state index in [1.165, 1.54) is 72.7 Å². The lowest BCUT2D eigenvalue weighted by Gasteiger charge is -2.34. The molecule has 0 aromatic heterocycles. The fraction of sp³-hybridized carbons (Fsp3) is 0.257. The summed E-state index contributed by atoms with van der Waals surface area (Å²) in [6.07, 6.45) is 0.784. The predicted octanol–water partition coefficient (Wildman–Crippen LogP) is 5.72. The lowest BCUT2D eigenvalue weighted by molar-refractivity contribution is -0.140. The van der Waals surface area contributed by atoms with Crippen LogP contribution in [0.2, 0.25) is 0 Å². The number of nitrogens with zero attached hydrogens (tertiary/aromatic N) is 2. The molecule has 2 atom stereocenters. The average molecular weight is 650 g/mol. The second-order valence-corrected chi connectivity index (χ2v) is 12.7. The molecule has 11 heteroatoms. The zero-order valence-corrected chi connectivity index (χ0v) is 26.7. The number of methoxy groups -OCH3 is 1. The standard InChI is InChI=1S/C35H37F2N3O5S/c1-4-25(2)38-35(42)33(22-26-8-6-5-7-9-26)39(23-27-10-12-28(36)13-11-27)34(41)24-40(30-16-14-29(37)15-17-30)46(43,44)32-20-18-31(45-3)19-21-32/h5-21,25,33H,4,22-24H2,1-3H3,(H,38,42)/t25-,33+/m0/s1. The van der Waals surface area contributed by atoms with Gasteiger partial charge in [0.05, 0.1) is 17.7 Å². The Kier molecular flexibility index (Phi) is 11.5. The van der Waals surface area contributed by atoms with Gasteiger partial charge < -0.3 is 15.0 Å². The molecule has 46 heavy (non-hydrogen) atoms. The Morgan fingerprint density at radius 1 is 0.826 bits per heavy atom. The monoisotopic (exact) mass is 649 g/mol. The first-order chi connectivity index (χ1) is 22.0. The molecule has 0 heterocycles. The van der Waals surface area contributed by atoms with Crippen molar-refractivity contribution in [3.63, 3.8) is 0 Å². The normalized spacial score (nSPS) is 12.5. The number of carbonyl (C=O) groups is 2. The summed E-state index contributed by atoms with van der Waals surface area (Å²) in [5.74, 6) is -1.72. The van der Waals surface area contributed by atoms with Crippen molar-refractivity contribution >= 4 is 27.5 Å². The summed E-state index contributed by atoms with van der Waals surface area (Å²) in [6, 6.07) is 23.8. The molecule has 0 saturated heterocycles. The highest BCUT2D eigenvalue weighted by Crippen LogP contribution is 2.27. The number of sulfonamides is 1. The molecular formula is C35H37F2N3O5S. The molecule has 0 aliphatic carbocycles. The predicted molar refractivity (Wildman–Crippen MR) is 173 cm³/mol. The number of benzene rings is 4. The highest BCUT2D eigenvalue weighted by Gasteiger charge is 2.35. The van der Waals surface area contributed by atoms with Crippen LogP contribution in [0.4, 0.5) is 14.5 Å². The van der Waals surface area contributed by atoms with Gasteiger partial charge in [0.15, 0.2) is 0 Å². The second kappa shape index (κ2) is 15.5. The first-order valence-corrected chi connectivity index (χ1v) is 16.3. The SMILES string of the molecule is CC[C@H](C)NC(=O)[C@@H](Cc1ccccc1)N(Cc1ccc(F)cc1)C(=O)CN(c1ccc(F)cc1)S(=O)(=O)c1ccc(OC)cc1. The van der Waals surface area contributed by atoms with Crippen molar-refractivity contribution in [1.82, 2.24) is 10.2 Å². The van der Waals surface area contributed by atoms with Gasteiger partial charge in [0, 0.05) is 19.0 Å². The average Bonchev–Trinajstić information content (AvgIpc) is 3.06. The smallest absolute Gasteiger partial charge is 0.264 e. The van der Waals surface area contributed by atoms with E-state index in [1.807, 2.05) is 44.2 Å². The van der Waals surface area contributed by atoms with Gasteiger partial charge >= 0.3 is 0 Å². The number of nitrogens with one attached hydrogen (secondary N) is 1. The lowest BCUT2D eigenvalue weighted by Crippen LogP contribution is -2.54. The van der Waals surface area contributed by atoms with Crippen LogP contribution in [0.1, 0.15) is 31.4 Å². The molecule has 0 bridgehead atoms. The van der Waals surface area contributed by atoms with Crippen LogP contribution in [-0.2, 0) is 32.6 Å². The summed E-state index contributed by atoms with van der Waals surface area (Å²) in [5, 5.41) is 2.96. The van der Waals surface area contributed by atoms with Crippen LogP contribution in [0.3, 0.4) is 0 Å². The van der Waals surface area contributed by atoms with Gasteiger partial charge in [-0.1, -0.05) is 49.4 Å². The Morgan fingerprint density at radius 3 is 1.98 bits per heavy atom. The molecule has 0 radical (unpaired) electrons. The minimum absolute atomic E-state index is 0.0518. The van der Waals surface area contributed by atoms with Gasteiger partial charge in [-0.2, -0.15) is 0 Å². The number of amides is 2. The van der Waals surface area contributed by atoms with E-state index >= 15 is 0 Å². The maximum atomic E-state index is 14.4. The van der Waals surface area contributed by atoms with E-state index in [0.29, 0.717) is 17.7 Å². The quantitative estimate of drug-likeness (QED) is 0.189. The van der Waals surface area contributed by atoms with Crippen molar-refractivity contribution in [3.8, 4) is 5.75 Å². The number of halogens is 2. The number of ether oxygens (including phenoxy) is 1. The molecule has 1 N–H and O–H groups in total. The highest BCUT2D eigenvalue weighted by atomic mass is 32.2. The van der Waals surface area contributed by atoms with Crippen molar-refractivity contribution in [3.05, 3.63) is 126 Å². The Bertz CT molecular complexity index is 1700. The number of hydrogen-bond acceptors (Lipinski definition) is 5. The van der Waals surface area contributed by atoms with Crippen molar-refractivity contribution in [1.29, 1.82) is 0 Å². The maximum Gasteiger partial charge on any atom is 0.264 e. The Morgan fingerprint density at radius 2 is 1.41 bits per heavy atom. The molecule has 0 aliphatic rings. The zero-order chi connectivity index (χ0) is 33.3. The minimum atomic E-state index is -4.37. The van der Waals surface area contributed by atoms with E-state index in [-0.39, 0.29) is 29.6 Å². The zero-order valence-electron chi connectivity index (χ0n) is 25.9. The molecular weight excluding hydrogens is 612 g/mol. The molecule has 8 nitrogen and oxygen atoms in total. The number of carbonyl (C=O) groups excluding carboxylic acids is 2. The number of rotatable bonds is 14. The third-order valence-corrected chi connectivity index (χ3v) is 9.37. The summed E-state index contributed by atoms with van der Waals surface area (Å²) in [7, 11) is -2.92. The Balaban J connectivity index is 1.80. The highest BCUT2D eigenvalue weighted by molar-refractivity contribution is 7.92. The van der Waals surface area contributed by atoms with Crippen LogP contribution in [-0.4, -0.2) is 50.9 Å². The molecule has 4 aromatic rings. The Hall–Kier alpha value is -4.77.